The van der Waals surface area contributed by atoms with Gasteiger partial charge >= 0.3 is 5.97 Å². The Bertz CT molecular complexity index is 911. The largest absolute Gasteiger partial charge is 0.490 e. The number of methoxy groups -OCH3 is 1. The quantitative estimate of drug-likeness (QED) is 0.272. The number of ether oxygens (including phenoxy) is 3. The maximum absolute atomic E-state index is 12.8. The normalized spacial score (nSPS) is 10.3. The summed E-state index contributed by atoms with van der Waals surface area (Å²) in [5.41, 5.74) is 1.43. The predicted molar refractivity (Wildman–Crippen MR) is 130 cm³/mol. The van der Waals surface area contributed by atoms with Gasteiger partial charge in [-0.2, -0.15) is 0 Å². The first kappa shape index (κ1) is 25.8. The smallest absolute Gasteiger partial charge is 0.307 e. The molecule has 172 valence electrons. The van der Waals surface area contributed by atoms with Gasteiger partial charge in [-0.15, -0.1) is 0 Å². The zero-order chi connectivity index (χ0) is 23.3. The number of esters is 1. The minimum absolute atomic E-state index is 0.162. The predicted octanol–water partition coefficient (Wildman–Crippen LogP) is 3.94. The number of hydrogen-bond donors (Lipinski definition) is 1. The molecule has 7 nitrogen and oxygen atoms in total. The highest BCUT2D eigenvalue weighted by molar-refractivity contribution is 9.10. The Morgan fingerprint density at radius 3 is 2.53 bits per heavy atom. The first-order chi connectivity index (χ1) is 15.4. The molecule has 0 spiro atoms. The summed E-state index contributed by atoms with van der Waals surface area (Å²) >= 11 is 8.91. The number of amides is 1. The second kappa shape index (κ2) is 13.8. The highest BCUT2D eigenvalue weighted by atomic mass is 79.9. The van der Waals surface area contributed by atoms with E-state index < -0.39 is 0 Å². The molecule has 0 bridgehead atoms. The van der Waals surface area contributed by atoms with Crippen LogP contribution in [-0.4, -0.2) is 55.4 Å². The van der Waals surface area contributed by atoms with Crippen molar-refractivity contribution in [1.29, 1.82) is 0 Å². The Labute approximate surface area is 202 Å². The summed E-state index contributed by atoms with van der Waals surface area (Å²) in [5.74, 6) is -0.0534. The maximum Gasteiger partial charge on any atom is 0.307 e. The molecule has 0 aromatic heterocycles. The minimum Gasteiger partial charge on any atom is -0.490 e. The molecule has 0 unspecified atom stereocenters. The number of carbonyl (C=O) groups is 2. The van der Waals surface area contributed by atoms with Crippen LogP contribution in [0.1, 0.15) is 29.3 Å². The first-order valence-corrected chi connectivity index (χ1v) is 11.4. The summed E-state index contributed by atoms with van der Waals surface area (Å²) < 4.78 is 16.2. The van der Waals surface area contributed by atoms with E-state index in [0.717, 1.165) is 5.56 Å². The SMILES string of the molecule is CCOC(=O)CCN(Cc1ccccc1)C(=S)NC(=O)c1ccc(OCCOC)c(Br)c1. The van der Waals surface area contributed by atoms with Crippen molar-refractivity contribution in [2.75, 3.05) is 33.5 Å². The molecule has 9 heteroatoms. The Kier molecular flexibility index (Phi) is 11.1. The topological polar surface area (TPSA) is 77.1 Å². The van der Waals surface area contributed by atoms with Crippen molar-refractivity contribution < 1.29 is 23.8 Å². The van der Waals surface area contributed by atoms with Crippen LogP contribution in [0.15, 0.2) is 53.0 Å². The zero-order valence-corrected chi connectivity index (χ0v) is 20.5. The fourth-order valence-electron chi connectivity index (χ4n) is 2.76. The lowest BCUT2D eigenvalue weighted by Gasteiger charge is -2.25. The van der Waals surface area contributed by atoms with Crippen LogP contribution in [0.2, 0.25) is 0 Å². The molecular weight excluding hydrogens is 496 g/mol. The molecule has 1 amide bonds. The van der Waals surface area contributed by atoms with Gasteiger partial charge < -0.3 is 19.1 Å². The van der Waals surface area contributed by atoms with E-state index in [1.54, 1.807) is 37.1 Å². The second-order valence-electron chi connectivity index (χ2n) is 6.71. The highest BCUT2D eigenvalue weighted by Gasteiger charge is 2.17. The Morgan fingerprint density at radius 1 is 1.12 bits per heavy atom. The van der Waals surface area contributed by atoms with E-state index >= 15 is 0 Å². The third kappa shape index (κ3) is 8.57. The molecule has 0 saturated carbocycles. The lowest BCUT2D eigenvalue weighted by molar-refractivity contribution is -0.143. The van der Waals surface area contributed by atoms with Gasteiger partial charge in [0.25, 0.3) is 5.91 Å². The zero-order valence-electron chi connectivity index (χ0n) is 18.1. The fraction of sp³-hybridized carbons (Fsp3) is 0.348. The summed E-state index contributed by atoms with van der Waals surface area (Å²) in [6.45, 7) is 3.72. The molecule has 2 aromatic carbocycles. The number of nitrogens with zero attached hydrogens (tertiary/aromatic N) is 1. The molecule has 0 aliphatic heterocycles. The van der Waals surface area contributed by atoms with Crippen molar-refractivity contribution in [3.05, 3.63) is 64.1 Å². The van der Waals surface area contributed by atoms with Crippen LogP contribution in [0.3, 0.4) is 0 Å². The molecule has 1 N–H and O–H groups in total. The number of rotatable bonds is 11. The molecule has 2 aromatic rings. The van der Waals surface area contributed by atoms with E-state index in [4.69, 9.17) is 26.4 Å². The number of carbonyl (C=O) groups excluding carboxylic acids is 2. The Hall–Kier alpha value is -2.49. The fourth-order valence-corrected chi connectivity index (χ4v) is 3.50. The van der Waals surface area contributed by atoms with Crippen LogP contribution < -0.4 is 10.1 Å². The van der Waals surface area contributed by atoms with Crippen LogP contribution in [0, 0.1) is 0 Å². The Morgan fingerprint density at radius 2 is 1.88 bits per heavy atom. The second-order valence-corrected chi connectivity index (χ2v) is 7.95. The number of nitrogens with one attached hydrogen (secondary N) is 1. The van der Waals surface area contributed by atoms with Crippen LogP contribution in [-0.2, 0) is 20.8 Å². The van der Waals surface area contributed by atoms with Crippen molar-refractivity contribution in [3.8, 4) is 5.75 Å². The summed E-state index contributed by atoms with van der Waals surface area (Å²) in [4.78, 5) is 26.4. The molecule has 0 saturated heterocycles. The molecule has 32 heavy (non-hydrogen) atoms. The third-order valence-corrected chi connectivity index (χ3v) is 5.33. The summed E-state index contributed by atoms with van der Waals surface area (Å²) in [7, 11) is 1.60. The molecule has 0 radical (unpaired) electrons. The van der Waals surface area contributed by atoms with Crippen molar-refractivity contribution in [2.45, 2.75) is 19.9 Å². The minimum atomic E-state index is -0.353. The van der Waals surface area contributed by atoms with Crippen LogP contribution in [0.5, 0.6) is 5.75 Å². The molecule has 0 aliphatic carbocycles. The standard InChI is InChI=1S/C23H27BrN2O5S/c1-3-30-21(27)11-12-26(16-17-7-5-4-6-8-17)23(32)25-22(28)18-9-10-20(19(24)15-18)31-14-13-29-2/h4-10,15H,3,11-14,16H2,1-2H3,(H,25,28,32). The Balaban J connectivity index is 2.05. The van der Waals surface area contributed by atoms with E-state index in [9.17, 15) is 9.59 Å². The van der Waals surface area contributed by atoms with Gasteiger partial charge in [-0.3, -0.25) is 14.9 Å². The van der Waals surface area contributed by atoms with E-state index in [-0.39, 0.29) is 23.4 Å². The molecule has 0 aliphatic rings. The number of benzene rings is 2. The molecular formula is C23H27BrN2O5S. The third-order valence-electron chi connectivity index (χ3n) is 4.35. The van der Waals surface area contributed by atoms with E-state index in [2.05, 4.69) is 21.2 Å². The van der Waals surface area contributed by atoms with Gasteiger partial charge in [0.2, 0.25) is 0 Å². The molecule has 0 heterocycles. The molecule has 0 fully saturated rings. The average molecular weight is 523 g/mol. The molecule has 0 atom stereocenters. The number of hydrogen-bond acceptors (Lipinski definition) is 6. The summed E-state index contributed by atoms with van der Waals surface area (Å²) in [6.07, 6.45) is 0.162. The van der Waals surface area contributed by atoms with Crippen LogP contribution in [0.4, 0.5) is 0 Å². The van der Waals surface area contributed by atoms with Crippen LogP contribution in [0.25, 0.3) is 0 Å². The van der Waals surface area contributed by atoms with Gasteiger partial charge in [0, 0.05) is 25.8 Å². The van der Waals surface area contributed by atoms with Crippen molar-refractivity contribution >= 4 is 45.1 Å². The van der Waals surface area contributed by atoms with Crippen LogP contribution >= 0.6 is 28.1 Å². The number of thiocarbonyl (C=S) groups is 1. The van der Waals surface area contributed by atoms with Gasteiger partial charge in [-0.1, -0.05) is 30.3 Å². The van der Waals surface area contributed by atoms with Crippen molar-refractivity contribution in [1.82, 2.24) is 10.2 Å². The highest BCUT2D eigenvalue weighted by Crippen LogP contribution is 2.26. The van der Waals surface area contributed by atoms with E-state index in [1.807, 2.05) is 30.3 Å². The van der Waals surface area contributed by atoms with Gasteiger partial charge in [0.15, 0.2) is 5.11 Å². The lowest BCUT2D eigenvalue weighted by Crippen LogP contribution is -2.43. The summed E-state index contributed by atoms with van der Waals surface area (Å²) in [6, 6.07) is 14.7. The average Bonchev–Trinajstić information content (AvgIpc) is 2.78. The number of halogens is 1. The first-order valence-electron chi connectivity index (χ1n) is 10.2. The van der Waals surface area contributed by atoms with Crippen molar-refractivity contribution in [2.24, 2.45) is 0 Å². The van der Waals surface area contributed by atoms with Gasteiger partial charge in [-0.25, -0.2) is 0 Å². The van der Waals surface area contributed by atoms with E-state index in [0.29, 0.717) is 48.7 Å². The van der Waals surface area contributed by atoms with Gasteiger partial charge in [0.1, 0.15) is 12.4 Å². The lowest BCUT2D eigenvalue weighted by atomic mass is 10.2. The van der Waals surface area contributed by atoms with Crippen molar-refractivity contribution in [3.63, 3.8) is 0 Å². The molecule has 2 rings (SSSR count). The maximum atomic E-state index is 12.8. The monoisotopic (exact) mass is 522 g/mol. The van der Waals surface area contributed by atoms with E-state index in [1.165, 1.54) is 0 Å². The van der Waals surface area contributed by atoms with Gasteiger partial charge in [-0.05, 0) is 58.8 Å². The van der Waals surface area contributed by atoms with Gasteiger partial charge in [0.05, 0.1) is 24.1 Å². The summed E-state index contributed by atoms with van der Waals surface area (Å²) in [5, 5.41) is 2.99.